The number of hydrogen-bond donors (Lipinski definition) is 3. The van der Waals surface area contributed by atoms with E-state index in [9.17, 15) is 36.7 Å². The number of nitrogen functional groups attached to an aromatic ring is 1. The van der Waals surface area contributed by atoms with Crippen molar-refractivity contribution in [3.8, 4) is 11.5 Å². The van der Waals surface area contributed by atoms with Crippen LogP contribution >= 0.6 is 0 Å². The molecule has 0 spiro atoms. The van der Waals surface area contributed by atoms with Gasteiger partial charge in [0.2, 0.25) is 0 Å². The van der Waals surface area contributed by atoms with Gasteiger partial charge in [-0.25, -0.2) is 47.1 Å². The van der Waals surface area contributed by atoms with Crippen molar-refractivity contribution < 1.29 is 55.7 Å². The lowest BCUT2D eigenvalue weighted by Crippen LogP contribution is -2.24. The van der Waals surface area contributed by atoms with Crippen LogP contribution in [0.15, 0.2) is 109 Å². The third-order valence-corrected chi connectivity index (χ3v) is 8.96. The molecule has 0 fully saturated rings. The molecule has 16 nitrogen and oxygen atoms in total. The van der Waals surface area contributed by atoms with E-state index in [0.717, 1.165) is 48.1 Å². The molecule has 64 heavy (non-hydrogen) atoms. The molecular weight excluding hydrogens is 845 g/mol. The van der Waals surface area contributed by atoms with Gasteiger partial charge >= 0.3 is 11.9 Å². The van der Waals surface area contributed by atoms with Crippen LogP contribution in [0.4, 0.5) is 40.6 Å². The number of pyridine rings is 4. The Morgan fingerprint density at radius 2 is 1.03 bits per heavy atom. The van der Waals surface area contributed by atoms with E-state index in [-0.39, 0.29) is 39.7 Å². The minimum Gasteiger partial charge on any atom is -0.497 e. The number of carbonyl (C=O) groups excluding carboxylic acids is 4. The number of alkyl halides is 4. The number of benzene rings is 2. The molecule has 4 aromatic heterocycles. The van der Waals surface area contributed by atoms with Crippen molar-refractivity contribution in [1.82, 2.24) is 19.9 Å². The zero-order valence-corrected chi connectivity index (χ0v) is 34.6. The Hall–Kier alpha value is -8.16. The van der Waals surface area contributed by atoms with Crippen LogP contribution in [0.3, 0.4) is 0 Å². The molecular formula is C44H40F4N8O8. The van der Waals surface area contributed by atoms with Crippen LogP contribution in [0.5, 0.6) is 11.5 Å². The summed E-state index contributed by atoms with van der Waals surface area (Å²) >= 11 is 0. The SMILES string of the molecule is COC(=O)c1cc(N(Cc2ccc(OC)cc2)Cc2ccc(OC)cc2)ncc1NC(=O)c1cccc(C(F)F)n1.COC(=O)c1cc(N)ncc1NC(=O)c1cccc(C(F)F)n1. The number of amides is 2. The molecule has 6 rings (SSSR count). The number of aromatic nitrogens is 4. The summed E-state index contributed by atoms with van der Waals surface area (Å²) < 4.78 is 71.5. The zero-order valence-electron chi connectivity index (χ0n) is 34.6. The summed E-state index contributed by atoms with van der Waals surface area (Å²) in [7, 11) is 5.57. The van der Waals surface area contributed by atoms with E-state index in [2.05, 4.69) is 35.3 Å². The Labute approximate surface area is 363 Å². The van der Waals surface area contributed by atoms with Crippen molar-refractivity contribution in [3.63, 3.8) is 0 Å². The molecule has 0 aliphatic carbocycles. The standard InChI is InChI=1S/C30H28F2N4O5.C14H12F2N4O3/c1-39-21-11-7-19(8-12-21)17-36(18-20-9-13-22(40-2)14-10-20)27-15-23(30(38)41-3)26(16-33-27)35-29(37)25-6-4-5-24(34-25)28(31)32;1-23-14(22)7-5-11(17)18-6-10(7)20-13(21)9-4-2-3-8(19-9)12(15)16/h4-16,28H,17-18H2,1-3H3,(H,35,37);2-6,12H,1H3,(H2,17,18)(H,20,21). The third kappa shape index (κ3) is 12.5. The molecule has 2 aromatic carbocycles. The molecule has 2 amide bonds. The van der Waals surface area contributed by atoms with E-state index >= 15 is 0 Å². The van der Waals surface area contributed by atoms with Crippen LogP contribution in [0.25, 0.3) is 0 Å². The van der Waals surface area contributed by atoms with Gasteiger partial charge in [0.05, 0.1) is 63.3 Å². The Morgan fingerprint density at radius 1 is 0.609 bits per heavy atom. The quantitative estimate of drug-likeness (QED) is 0.0667. The average molecular weight is 885 g/mol. The smallest absolute Gasteiger partial charge is 0.340 e. The van der Waals surface area contributed by atoms with Gasteiger partial charge in [0.25, 0.3) is 24.7 Å². The topological polar surface area (TPSA) is 210 Å². The van der Waals surface area contributed by atoms with E-state index in [0.29, 0.717) is 18.9 Å². The van der Waals surface area contributed by atoms with Crippen molar-refractivity contribution in [3.05, 3.63) is 154 Å². The van der Waals surface area contributed by atoms with Crippen LogP contribution in [0.2, 0.25) is 0 Å². The molecule has 0 radical (unpaired) electrons. The lowest BCUT2D eigenvalue weighted by molar-refractivity contribution is 0.0592. The molecule has 0 atom stereocenters. The first-order valence-corrected chi connectivity index (χ1v) is 18.8. The Morgan fingerprint density at radius 3 is 1.44 bits per heavy atom. The first-order chi connectivity index (χ1) is 30.7. The fraction of sp³-hybridized carbons (Fsp3) is 0.182. The second-order valence-electron chi connectivity index (χ2n) is 13.2. The molecule has 4 N–H and O–H groups in total. The maximum Gasteiger partial charge on any atom is 0.340 e. The van der Waals surface area contributed by atoms with E-state index in [1.807, 2.05) is 53.4 Å². The van der Waals surface area contributed by atoms with Gasteiger partial charge in [-0.05, 0) is 71.8 Å². The van der Waals surface area contributed by atoms with Crippen molar-refractivity contribution in [2.75, 3.05) is 49.7 Å². The minimum absolute atomic E-state index is 0.0154. The molecule has 0 bridgehead atoms. The first-order valence-electron chi connectivity index (χ1n) is 18.8. The van der Waals surface area contributed by atoms with Crippen LogP contribution in [-0.4, -0.2) is 72.1 Å². The van der Waals surface area contributed by atoms with Crippen LogP contribution in [0, 0.1) is 0 Å². The highest BCUT2D eigenvalue weighted by atomic mass is 19.3. The summed E-state index contributed by atoms with van der Waals surface area (Å²) in [6.07, 6.45) is -3.15. The van der Waals surface area contributed by atoms with E-state index < -0.39 is 48.0 Å². The van der Waals surface area contributed by atoms with Gasteiger partial charge in [0.15, 0.2) is 0 Å². The Kier molecular flexibility index (Phi) is 16.2. The molecule has 6 aromatic rings. The predicted octanol–water partition coefficient (Wildman–Crippen LogP) is 7.71. The van der Waals surface area contributed by atoms with Crippen molar-refractivity contribution >= 4 is 46.8 Å². The lowest BCUT2D eigenvalue weighted by atomic mass is 10.1. The number of anilines is 4. The molecule has 332 valence electrons. The molecule has 0 aliphatic rings. The predicted molar refractivity (Wildman–Crippen MR) is 226 cm³/mol. The fourth-order valence-corrected chi connectivity index (χ4v) is 5.74. The number of carbonyl (C=O) groups is 4. The summed E-state index contributed by atoms with van der Waals surface area (Å²) in [5.41, 5.74) is 5.98. The summed E-state index contributed by atoms with van der Waals surface area (Å²) in [4.78, 5) is 66.9. The number of rotatable bonds is 15. The average Bonchev–Trinajstić information content (AvgIpc) is 3.32. The molecule has 4 heterocycles. The number of nitrogens with two attached hydrogens (primary N) is 1. The summed E-state index contributed by atoms with van der Waals surface area (Å²) in [5, 5.41) is 4.91. The number of nitrogens with zero attached hydrogens (tertiary/aromatic N) is 5. The van der Waals surface area contributed by atoms with E-state index in [1.165, 1.54) is 49.7 Å². The fourth-order valence-electron chi connectivity index (χ4n) is 5.74. The number of ether oxygens (including phenoxy) is 4. The normalized spacial score (nSPS) is 10.6. The van der Waals surface area contributed by atoms with Gasteiger partial charge in [-0.3, -0.25) is 9.59 Å². The van der Waals surface area contributed by atoms with Crippen LogP contribution in [-0.2, 0) is 22.6 Å². The summed E-state index contributed by atoms with van der Waals surface area (Å²) in [5.74, 6) is -1.07. The Balaban J connectivity index is 0.000000283. The molecule has 0 saturated carbocycles. The maximum absolute atomic E-state index is 13.1. The molecule has 0 aliphatic heterocycles. The lowest BCUT2D eigenvalue weighted by Gasteiger charge is -2.25. The van der Waals surface area contributed by atoms with E-state index in [1.54, 1.807) is 14.2 Å². The van der Waals surface area contributed by atoms with Crippen LogP contribution in [0.1, 0.15) is 77.1 Å². The van der Waals surface area contributed by atoms with Crippen molar-refractivity contribution in [2.45, 2.75) is 25.9 Å². The highest BCUT2D eigenvalue weighted by Gasteiger charge is 2.22. The highest BCUT2D eigenvalue weighted by Crippen LogP contribution is 2.27. The van der Waals surface area contributed by atoms with Gasteiger partial charge in [-0.15, -0.1) is 0 Å². The maximum atomic E-state index is 13.1. The van der Waals surface area contributed by atoms with Gasteiger partial charge in [0.1, 0.15) is 45.9 Å². The monoisotopic (exact) mass is 884 g/mol. The van der Waals surface area contributed by atoms with Gasteiger partial charge in [-0.2, -0.15) is 0 Å². The molecule has 20 heteroatoms. The van der Waals surface area contributed by atoms with E-state index in [4.69, 9.17) is 19.9 Å². The highest BCUT2D eigenvalue weighted by molar-refractivity contribution is 6.08. The van der Waals surface area contributed by atoms with Gasteiger partial charge in [-0.1, -0.05) is 36.4 Å². The number of nitrogens with one attached hydrogen (secondary N) is 2. The van der Waals surface area contributed by atoms with Crippen molar-refractivity contribution in [1.29, 1.82) is 0 Å². The first kappa shape index (κ1) is 46.9. The number of halogens is 4. The summed E-state index contributed by atoms with van der Waals surface area (Å²) in [6.45, 7) is 0.860. The second-order valence-corrected chi connectivity index (χ2v) is 13.2. The van der Waals surface area contributed by atoms with Gasteiger partial charge < -0.3 is 40.2 Å². The molecule has 0 saturated heterocycles. The van der Waals surface area contributed by atoms with Crippen LogP contribution < -0.4 is 30.7 Å². The zero-order chi connectivity index (χ0) is 46.3. The number of esters is 2. The van der Waals surface area contributed by atoms with Gasteiger partial charge in [0, 0.05) is 13.1 Å². The Bertz CT molecular complexity index is 2540. The number of hydrogen-bond acceptors (Lipinski definition) is 14. The number of methoxy groups -OCH3 is 4. The molecule has 0 unspecified atom stereocenters. The summed E-state index contributed by atoms with van der Waals surface area (Å²) in [6, 6.07) is 25.2. The minimum atomic E-state index is -2.84. The largest absolute Gasteiger partial charge is 0.497 e. The third-order valence-electron chi connectivity index (χ3n) is 8.96. The van der Waals surface area contributed by atoms with Crippen molar-refractivity contribution in [2.24, 2.45) is 0 Å². The second kappa shape index (κ2) is 22.1.